The lowest BCUT2D eigenvalue weighted by atomic mass is 9.92. The van der Waals surface area contributed by atoms with Gasteiger partial charge in [0.25, 0.3) is 0 Å². The van der Waals surface area contributed by atoms with Gasteiger partial charge in [-0.25, -0.2) is 0 Å². The van der Waals surface area contributed by atoms with Gasteiger partial charge in [-0.1, -0.05) is 45.4 Å². The topological polar surface area (TPSA) is 60.7 Å². The molecule has 0 saturated carbocycles. The molecule has 0 spiro atoms. The molecule has 2 unspecified atom stereocenters. The van der Waals surface area contributed by atoms with Gasteiger partial charge < -0.3 is 15.3 Å². The van der Waals surface area contributed by atoms with Crippen molar-refractivity contribution in [1.29, 1.82) is 0 Å². The Kier molecular flexibility index (Phi) is 8.02. The molecular weight excluding hydrogens is 192 g/mol. The van der Waals surface area contributed by atoms with E-state index in [1.54, 1.807) is 6.92 Å². The molecule has 0 aromatic rings. The number of hydrogen-bond donors (Lipinski definition) is 3. The third-order valence-electron chi connectivity index (χ3n) is 2.93. The van der Waals surface area contributed by atoms with Crippen molar-refractivity contribution >= 4 is 0 Å². The fourth-order valence-corrected chi connectivity index (χ4v) is 1.63. The maximum absolute atomic E-state index is 9.78. The predicted molar refractivity (Wildman–Crippen MR) is 61.7 cm³/mol. The Bertz CT molecular complexity index is 146. The molecule has 3 N–H and O–H groups in total. The minimum atomic E-state index is -1.14. The van der Waals surface area contributed by atoms with Gasteiger partial charge in [0.2, 0.25) is 0 Å². The van der Waals surface area contributed by atoms with Crippen molar-refractivity contribution < 1.29 is 15.3 Å². The highest BCUT2D eigenvalue weighted by atomic mass is 16.4. The number of rotatable bonds is 9. The molecule has 0 amide bonds. The minimum absolute atomic E-state index is 0.372. The summed E-state index contributed by atoms with van der Waals surface area (Å²) in [4.78, 5) is 0. The second kappa shape index (κ2) is 8.08. The molecule has 0 fully saturated rings. The standard InChI is InChI=1S/C12H26O3/c1-3-4-5-6-7-8-9-12(2,15)11(14)10-13/h11,13-15H,3-10H2,1-2H3. The fourth-order valence-electron chi connectivity index (χ4n) is 1.63. The van der Waals surface area contributed by atoms with E-state index in [4.69, 9.17) is 5.11 Å². The van der Waals surface area contributed by atoms with E-state index in [9.17, 15) is 10.2 Å². The van der Waals surface area contributed by atoms with Crippen LogP contribution in [0.4, 0.5) is 0 Å². The number of aliphatic hydroxyl groups is 3. The van der Waals surface area contributed by atoms with Gasteiger partial charge in [-0.2, -0.15) is 0 Å². The highest BCUT2D eigenvalue weighted by Gasteiger charge is 2.28. The summed E-state index contributed by atoms with van der Waals surface area (Å²) in [6.07, 6.45) is 6.49. The van der Waals surface area contributed by atoms with Gasteiger partial charge in [0.1, 0.15) is 6.10 Å². The van der Waals surface area contributed by atoms with E-state index < -0.39 is 11.7 Å². The summed E-state index contributed by atoms with van der Waals surface area (Å²) >= 11 is 0. The second-order valence-corrected chi connectivity index (χ2v) is 4.57. The van der Waals surface area contributed by atoms with Gasteiger partial charge in [0, 0.05) is 0 Å². The zero-order valence-corrected chi connectivity index (χ0v) is 10.1. The zero-order chi connectivity index (χ0) is 11.7. The molecule has 15 heavy (non-hydrogen) atoms. The molecular formula is C12H26O3. The van der Waals surface area contributed by atoms with Crippen molar-refractivity contribution in [2.24, 2.45) is 0 Å². The van der Waals surface area contributed by atoms with E-state index in [-0.39, 0.29) is 6.61 Å². The molecule has 0 rings (SSSR count). The first-order valence-corrected chi connectivity index (χ1v) is 6.06. The van der Waals surface area contributed by atoms with E-state index in [1.807, 2.05) is 0 Å². The van der Waals surface area contributed by atoms with Crippen LogP contribution in [0, 0.1) is 0 Å². The quantitative estimate of drug-likeness (QED) is 0.517. The van der Waals surface area contributed by atoms with E-state index in [0.717, 1.165) is 12.8 Å². The van der Waals surface area contributed by atoms with Crippen LogP contribution in [0.2, 0.25) is 0 Å². The Labute approximate surface area is 93.1 Å². The van der Waals surface area contributed by atoms with Gasteiger partial charge in [-0.05, 0) is 13.3 Å². The van der Waals surface area contributed by atoms with Crippen LogP contribution in [0.15, 0.2) is 0 Å². The lowest BCUT2D eigenvalue weighted by Crippen LogP contribution is -2.41. The molecule has 0 heterocycles. The predicted octanol–water partition coefficient (Wildman–Crippen LogP) is 1.84. The van der Waals surface area contributed by atoms with E-state index in [2.05, 4.69) is 6.92 Å². The Balaban J connectivity index is 3.48. The van der Waals surface area contributed by atoms with Gasteiger partial charge in [0.05, 0.1) is 12.2 Å². The average Bonchev–Trinajstić information content (AvgIpc) is 2.22. The first kappa shape index (κ1) is 14.9. The molecule has 2 atom stereocenters. The normalized spacial score (nSPS) is 17.4. The summed E-state index contributed by atoms with van der Waals surface area (Å²) < 4.78 is 0. The molecule has 0 radical (unpaired) electrons. The van der Waals surface area contributed by atoms with Gasteiger partial charge in [-0.3, -0.25) is 0 Å². The maximum Gasteiger partial charge on any atom is 0.105 e. The van der Waals surface area contributed by atoms with Crippen molar-refractivity contribution in [2.45, 2.75) is 70.5 Å². The molecule has 0 aliphatic carbocycles. The summed E-state index contributed by atoms with van der Waals surface area (Å²) in [6, 6.07) is 0. The summed E-state index contributed by atoms with van der Waals surface area (Å²) in [5, 5.41) is 27.8. The largest absolute Gasteiger partial charge is 0.394 e. The van der Waals surface area contributed by atoms with Crippen molar-refractivity contribution in [3.8, 4) is 0 Å². The van der Waals surface area contributed by atoms with E-state index in [0.29, 0.717) is 6.42 Å². The smallest absolute Gasteiger partial charge is 0.105 e. The third-order valence-corrected chi connectivity index (χ3v) is 2.93. The van der Waals surface area contributed by atoms with Crippen LogP contribution in [0.25, 0.3) is 0 Å². The lowest BCUT2D eigenvalue weighted by Gasteiger charge is -2.27. The van der Waals surface area contributed by atoms with Crippen LogP contribution in [0.1, 0.15) is 58.8 Å². The molecule has 0 saturated heterocycles. The molecule has 0 aromatic carbocycles. The fraction of sp³-hybridized carbons (Fsp3) is 1.00. The van der Waals surface area contributed by atoms with Crippen LogP contribution in [0.3, 0.4) is 0 Å². The second-order valence-electron chi connectivity index (χ2n) is 4.57. The monoisotopic (exact) mass is 218 g/mol. The van der Waals surface area contributed by atoms with Crippen LogP contribution in [-0.2, 0) is 0 Å². The molecule has 3 heteroatoms. The number of unbranched alkanes of at least 4 members (excludes halogenated alkanes) is 5. The van der Waals surface area contributed by atoms with Gasteiger partial charge >= 0.3 is 0 Å². The van der Waals surface area contributed by atoms with Crippen LogP contribution >= 0.6 is 0 Å². The Hall–Kier alpha value is -0.120. The molecule has 0 aliphatic heterocycles. The highest BCUT2D eigenvalue weighted by Crippen LogP contribution is 2.19. The Morgan fingerprint density at radius 3 is 2.13 bits per heavy atom. The molecule has 0 bridgehead atoms. The Morgan fingerprint density at radius 1 is 1.07 bits per heavy atom. The van der Waals surface area contributed by atoms with E-state index >= 15 is 0 Å². The average molecular weight is 218 g/mol. The Morgan fingerprint density at radius 2 is 1.60 bits per heavy atom. The molecule has 0 aromatic heterocycles. The zero-order valence-electron chi connectivity index (χ0n) is 10.1. The highest BCUT2D eigenvalue weighted by molar-refractivity contribution is 4.80. The maximum atomic E-state index is 9.78. The van der Waals surface area contributed by atoms with Gasteiger partial charge in [-0.15, -0.1) is 0 Å². The van der Waals surface area contributed by atoms with Crippen molar-refractivity contribution in [1.82, 2.24) is 0 Å². The SMILES string of the molecule is CCCCCCCCC(C)(O)C(O)CO. The first-order chi connectivity index (χ1) is 7.04. The molecule has 3 nitrogen and oxygen atoms in total. The van der Waals surface area contributed by atoms with Crippen LogP contribution in [-0.4, -0.2) is 33.6 Å². The first-order valence-electron chi connectivity index (χ1n) is 6.06. The third kappa shape index (κ3) is 6.88. The minimum Gasteiger partial charge on any atom is -0.394 e. The number of aliphatic hydroxyl groups excluding tert-OH is 2. The number of hydrogen-bond acceptors (Lipinski definition) is 3. The summed E-state index contributed by atoms with van der Waals surface area (Å²) in [7, 11) is 0. The lowest BCUT2D eigenvalue weighted by molar-refractivity contribution is -0.0882. The van der Waals surface area contributed by atoms with Gasteiger partial charge in [0.15, 0.2) is 0 Å². The summed E-state index contributed by atoms with van der Waals surface area (Å²) in [6.45, 7) is 3.39. The molecule has 0 aliphatic rings. The van der Waals surface area contributed by atoms with Crippen LogP contribution in [0.5, 0.6) is 0 Å². The van der Waals surface area contributed by atoms with Crippen molar-refractivity contribution in [2.75, 3.05) is 6.61 Å². The summed E-state index contributed by atoms with van der Waals surface area (Å²) in [5.74, 6) is 0. The van der Waals surface area contributed by atoms with E-state index in [1.165, 1.54) is 25.7 Å². The van der Waals surface area contributed by atoms with Crippen molar-refractivity contribution in [3.63, 3.8) is 0 Å². The van der Waals surface area contributed by atoms with Crippen molar-refractivity contribution in [3.05, 3.63) is 0 Å². The summed E-state index contributed by atoms with van der Waals surface area (Å²) in [5.41, 5.74) is -1.14. The molecule has 92 valence electrons. The van der Waals surface area contributed by atoms with Crippen LogP contribution < -0.4 is 0 Å².